The number of sulfonamides is 1. The summed E-state index contributed by atoms with van der Waals surface area (Å²) in [5.74, 6) is -1.94. The van der Waals surface area contributed by atoms with Crippen molar-refractivity contribution in [2.24, 2.45) is 0 Å². The molecule has 1 aliphatic heterocycles. The predicted octanol–water partition coefficient (Wildman–Crippen LogP) is 1.89. The Hall–Kier alpha value is -2.97. The summed E-state index contributed by atoms with van der Waals surface area (Å²) in [4.78, 5) is 27.3. The van der Waals surface area contributed by atoms with Gasteiger partial charge in [-0.15, -0.1) is 0 Å². The first kappa shape index (κ1) is 27.6. The van der Waals surface area contributed by atoms with Crippen LogP contribution in [0.25, 0.3) is 0 Å². The van der Waals surface area contributed by atoms with E-state index in [9.17, 15) is 27.6 Å². The van der Waals surface area contributed by atoms with Crippen molar-refractivity contribution in [3.05, 3.63) is 53.3 Å². The average Bonchev–Trinajstić information content (AvgIpc) is 2.88. The normalized spacial score (nSPS) is 16.5. The van der Waals surface area contributed by atoms with Gasteiger partial charge in [-0.05, 0) is 49.4 Å². The zero-order valence-electron chi connectivity index (χ0n) is 19.3. The number of carbonyl (C=O) groups excluding carboxylic acids is 2. The quantitative estimate of drug-likeness (QED) is 0.340. The number of urea groups is 1. The third-order valence-electron chi connectivity index (χ3n) is 5.59. The summed E-state index contributed by atoms with van der Waals surface area (Å²) in [6, 6.07) is 7.22. The van der Waals surface area contributed by atoms with Crippen molar-refractivity contribution in [3.8, 4) is 11.5 Å². The molecule has 14 heteroatoms. The first-order chi connectivity index (χ1) is 17.1. The molecule has 0 aliphatic carbocycles. The van der Waals surface area contributed by atoms with E-state index in [0.29, 0.717) is 11.6 Å². The Balaban J connectivity index is 1.84. The van der Waals surface area contributed by atoms with Gasteiger partial charge in [0.1, 0.15) is 11.8 Å². The number of benzene rings is 2. The molecule has 36 heavy (non-hydrogen) atoms. The van der Waals surface area contributed by atoms with Crippen LogP contribution in [-0.4, -0.2) is 90.1 Å². The molecule has 0 aromatic heterocycles. The van der Waals surface area contributed by atoms with Crippen LogP contribution in [0, 0.1) is 5.82 Å². The molecule has 1 heterocycles. The molecule has 1 aliphatic rings. The van der Waals surface area contributed by atoms with Crippen molar-refractivity contribution in [1.82, 2.24) is 19.6 Å². The van der Waals surface area contributed by atoms with Gasteiger partial charge in [-0.25, -0.2) is 23.1 Å². The van der Waals surface area contributed by atoms with E-state index in [-0.39, 0.29) is 44.3 Å². The average molecular weight is 545 g/mol. The maximum atomic E-state index is 14.8. The number of hydrogen-bond donors (Lipinski definition) is 3. The Morgan fingerprint density at radius 1 is 1.22 bits per heavy atom. The van der Waals surface area contributed by atoms with Crippen LogP contribution >= 0.6 is 11.6 Å². The standard InChI is InChI=1S/C22H26ClFN4O7S/c1-2-26(11-12-29)22(31)27-9-10-28(19(14-27)21(30)25-32)36(33,34)17-7-8-20(18(24)13-17)35-16-5-3-15(23)4-6-16/h3-8,13,19,29,32H,2,9-12,14H2,1H3,(H,25,30)/t19-/m1/s1. The van der Waals surface area contributed by atoms with Crippen molar-refractivity contribution in [3.63, 3.8) is 0 Å². The Labute approximate surface area is 212 Å². The number of aliphatic hydroxyl groups excluding tert-OH is 1. The summed E-state index contributed by atoms with van der Waals surface area (Å²) in [5, 5.41) is 18.8. The van der Waals surface area contributed by atoms with Gasteiger partial charge in [-0.3, -0.25) is 10.0 Å². The van der Waals surface area contributed by atoms with Gasteiger partial charge >= 0.3 is 6.03 Å². The van der Waals surface area contributed by atoms with Gasteiger partial charge in [0.15, 0.2) is 11.6 Å². The van der Waals surface area contributed by atoms with E-state index in [0.717, 1.165) is 22.5 Å². The number of hydroxylamine groups is 1. The van der Waals surface area contributed by atoms with E-state index in [1.807, 2.05) is 0 Å². The van der Waals surface area contributed by atoms with E-state index < -0.39 is 38.7 Å². The molecule has 0 saturated carbocycles. The second-order valence-corrected chi connectivity index (χ2v) is 10.1. The van der Waals surface area contributed by atoms with E-state index in [1.54, 1.807) is 19.1 Å². The number of hydrogen-bond acceptors (Lipinski definition) is 7. The van der Waals surface area contributed by atoms with E-state index >= 15 is 0 Å². The molecular formula is C22H26ClFN4O7S. The molecule has 2 aromatic carbocycles. The Bertz CT molecular complexity index is 1200. The van der Waals surface area contributed by atoms with Gasteiger partial charge in [-0.2, -0.15) is 4.31 Å². The number of likely N-dealkylation sites (N-methyl/N-ethyl adjacent to an activating group) is 1. The van der Waals surface area contributed by atoms with Crippen LogP contribution < -0.4 is 10.2 Å². The molecule has 196 valence electrons. The van der Waals surface area contributed by atoms with Crippen LogP contribution in [-0.2, 0) is 14.8 Å². The Kier molecular flexibility index (Phi) is 9.08. The number of piperazine rings is 1. The van der Waals surface area contributed by atoms with Crippen LogP contribution in [0.2, 0.25) is 5.02 Å². The lowest BCUT2D eigenvalue weighted by atomic mass is 10.2. The lowest BCUT2D eigenvalue weighted by Gasteiger charge is -2.40. The molecule has 3 N–H and O–H groups in total. The van der Waals surface area contributed by atoms with E-state index in [4.69, 9.17) is 21.4 Å². The molecule has 0 radical (unpaired) electrons. The van der Waals surface area contributed by atoms with E-state index in [2.05, 4.69) is 0 Å². The summed E-state index contributed by atoms with van der Waals surface area (Å²) in [6.07, 6.45) is 0. The van der Waals surface area contributed by atoms with Crippen LogP contribution in [0.4, 0.5) is 9.18 Å². The highest BCUT2D eigenvalue weighted by Crippen LogP contribution is 2.29. The molecule has 0 unspecified atom stereocenters. The van der Waals surface area contributed by atoms with Crippen LogP contribution in [0.15, 0.2) is 47.4 Å². The minimum Gasteiger partial charge on any atom is -0.454 e. The SMILES string of the molecule is CCN(CCO)C(=O)N1CCN(S(=O)(=O)c2ccc(Oc3ccc(Cl)cc3)c(F)c2)[C@@H](C(=O)NO)C1. The number of carbonyl (C=O) groups is 2. The summed E-state index contributed by atoms with van der Waals surface area (Å²) >= 11 is 5.82. The maximum absolute atomic E-state index is 14.8. The molecule has 0 bridgehead atoms. The highest BCUT2D eigenvalue weighted by atomic mass is 35.5. The fraction of sp³-hybridized carbons (Fsp3) is 0.364. The van der Waals surface area contributed by atoms with Gasteiger partial charge in [0, 0.05) is 37.7 Å². The number of nitrogens with one attached hydrogen (secondary N) is 1. The first-order valence-corrected chi connectivity index (χ1v) is 12.8. The zero-order chi connectivity index (χ0) is 26.5. The largest absolute Gasteiger partial charge is 0.454 e. The van der Waals surface area contributed by atoms with Crippen molar-refractivity contribution in [2.45, 2.75) is 17.9 Å². The highest BCUT2D eigenvalue weighted by molar-refractivity contribution is 7.89. The summed E-state index contributed by atoms with van der Waals surface area (Å²) in [5.41, 5.74) is 1.43. The molecular weight excluding hydrogens is 519 g/mol. The summed E-state index contributed by atoms with van der Waals surface area (Å²) < 4.78 is 47.7. The number of ether oxygens (including phenoxy) is 1. The first-order valence-electron chi connectivity index (χ1n) is 11.0. The predicted molar refractivity (Wildman–Crippen MR) is 127 cm³/mol. The second-order valence-electron chi connectivity index (χ2n) is 7.79. The molecule has 1 atom stereocenters. The van der Waals surface area contributed by atoms with Gasteiger partial charge in [0.25, 0.3) is 5.91 Å². The van der Waals surface area contributed by atoms with E-state index in [1.165, 1.54) is 27.4 Å². The number of nitrogens with zero attached hydrogens (tertiary/aromatic N) is 3. The molecule has 1 fully saturated rings. The molecule has 11 nitrogen and oxygen atoms in total. The third kappa shape index (κ3) is 6.05. The number of halogens is 2. The van der Waals surface area contributed by atoms with Gasteiger partial charge in [0.2, 0.25) is 10.0 Å². The number of amides is 3. The van der Waals surface area contributed by atoms with Crippen molar-refractivity contribution in [2.75, 3.05) is 39.3 Å². The Morgan fingerprint density at radius 2 is 1.92 bits per heavy atom. The van der Waals surface area contributed by atoms with Crippen molar-refractivity contribution < 1.29 is 37.4 Å². The zero-order valence-corrected chi connectivity index (χ0v) is 20.9. The number of aliphatic hydroxyl groups is 1. The lowest BCUT2D eigenvalue weighted by molar-refractivity contribution is -0.134. The fourth-order valence-corrected chi connectivity index (χ4v) is 5.42. The van der Waals surface area contributed by atoms with Gasteiger partial charge in [-0.1, -0.05) is 11.6 Å². The smallest absolute Gasteiger partial charge is 0.320 e. The third-order valence-corrected chi connectivity index (χ3v) is 7.74. The highest BCUT2D eigenvalue weighted by Gasteiger charge is 2.42. The molecule has 3 amide bonds. The molecule has 1 saturated heterocycles. The van der Waals surface area contributed by atoms with Crippen LogP contribution in [0.1, 0.15) is 6.92 Å². The lowest BCUT2D eigenvalue weighted by Crippen LogP contribution is -2.62. The summed E-state index contributed by atoms with van der Waals surface area (Å²) in [6.45, 7) is 1.10. The van der Waals surface area contributed by atoms with Crippen molar-refractivity contribution >= 4 is 33.6 Å². The van der Waals surface area contributed by atoms with Gasteiger partial charge in [0.05, 0.1) is 11.5 Å². The molecule has 3 rings (SSSR count). The monoisotopic (exact) mass is 544 g/mol. The van der Waals surface area contributed by atoms with Crippen LogP contribution in [0.5, 0.6) is 11.5 Å². The second kappa shape index (κ2) is 11.8. The minimum absolute atomic E-state index is 0.0601. The number of rotatable bonds is 8. The van der Waals surface area contributed by atoms with Gasteiger partial charge < -0.3 is 19.6 Å². The molecule has 0 spiro atoms. The Morgan fingerprint density at radius 3 is 2.50 bits per heavy atom. The van der Waals surface area contributed by atoms with Crippen LogP contribution in [0.3, 0.4) is 0 Å². The minimum atomic E-state index is -4.41. The fourth-order valence-electron chi connectivity index (χ4n) is 3.72. The molecule has 2 aromatic rings. The topological polar surface area (TPSA) is 140 Å². The van der Waals surface area contributed by atoms with Crippen molar-refractivity contribution in [1.29, 1.82) is 0 Å². The summed E-state index contributed by atoms with van der Waals surface area (Å²) in [7, 11) is -4.41. The maximum Gasteiger partial charge on any atom is 0.320 e.